The molecule has 0 aromatic heterocycles. The van der Waals surface area contributed by atoms with E-state index in [1.165, 1.54) is 0 Å². The van der Waals surface area contributed by atoms with Crippen LogP contribution in [0.25, 0.3) is 6.08 Å². The van der Waals surface area contributed by atoms with Gasteiger partial charge in [-0.25, -0.2) is 0 Å². The Morgan fingerprint density at radius 2 is 2.16 bits per heavy atom. The van der Waals surface area contributed by atoms with Gasteiger partial charge >= 0.3 is 0 Å². The van der Waals surface area contributed by atoms with E-state index in [-0.39, 0.29) is 23.6 Å². The molecule has 1 aromatic rings. The molecule has 2 fully saturated rings. The lowest BCUT2D eigenvalue weighted by Crippen LogP contribution is -2.49. The van der Waals surface area contributed by atoms with Crippen LogP contribution in [0.5, 0.6) is 0 Å². The summed E-state index contributed by atoms with van der Waals surface area (Å²) in [5.74, 6) is 0.251. The van der Waals surface area contributed by atoms with Crippen molar-refractivity contribution in [3.8, 4) is 0 Å². The maximum Gasteiger partial charge on any atom is 0.290 e. The van der Waals surface area contributed by atoms with Crippen LogP contribution in [-0.4, -0.2) is 37.3 Å². The van der Waals surface area contributed by atoms with E-state index in [1.807, 2.05) is 25.2 Å². The number of imide groups is 1. The monoisotopic (exact) mass is 401 g/mol. The van der Waals surface area contributed by atoms with Gasteiger partial charge in [-0.15, -0.1) is 12.4 Å². The molecule has 0 saturated carbocycles. The molecule has 0 aliphatic carbocycles. The van der Waals surface area contributed by atoms with E-state index < -0.39 is 0 Å². The maximum atomic E-state index is 11.8. The number of carbonyl (C=O) groups excluding carboxylic acids is 2. The van der Waals surface area contributed by atoms with Crippen molar-refractivity contribution in [2.45, 2.75) is 19.4 Å². The molecule has 25 heavy (non-hydrogen) atoms. The van der Waals surface area contributed by atoms with Gasteiger partial charge in [-0.3, -0.25) is 14.9 Å². The van der Waals surface area contributed by atoms with Crippen LogP contribution in [0.1, 0.15) is 18.9 Å². The lowest BCUT2D eigenvalue weighted by molar-refractivity contribution is -0.115. The normalized spacial score (nSPS) is 25.1. The number of carbonyl (C=O) groups is 2. The van der Waals surface area contributed by atoms with Gasteiger partial charge in [-0.1, -0.05) is 30.7 Å². The first-order chi connectivity index (χ1) is 11.5. The van der Waals surface area contributed by atoms with Crippen molar-refractivity contribution in [1.82, 2.24) is 10.6 Å². The number of thioether (sulfide) groups is 1. The fraction of sp³-hybridized carbons (Fsp3) is 0.412. The number of rotatable bonds is 3. The van der Waals surface area contributed by atoms with Crippen molar-refractivity contribution < 1.29 is 9.59 Å². The van der Waals surface area contributed by atoms with E-state index in [9.17, 15) is 9.59 Å². The number of likely N-dealkylation sites (N-methyl/N-ethyl adjacent to an activating group) is 1. The van der Waals surface area contributed by atoms with E-state index in [1.54, 1.807) is 6.08 Å². The first-order valence-electron chi connectivity index (χ1n) is 7.95. The van der Waals surface area contributed by atoms with Gasteiger partial charge in [0.1, 0.15) is 0 Å². The summed E-state index contributed by atoms with van der Waals surface area (Å²) in [5.41, 5.74) is 1.78. The van der Waals surface area contributed by atoms with Gasteiger partial charge in [-0.05, 0) is 43.3 Å². The number of hydrogen-bond acceptors (Lipinski definition) is 5. The Kier molecular flexibility index (Phi) is 6.79. The van der Waals surface area contributed by atoms with Crippen molar-refractivity contribution in [2.24, 2.45) is 5.92 Å². The summed E-state index contributed by atoms with van der Waals surface area (Å²) in [6.45, 7) is 4.02. The van der Waals surface area contributed by atoms with Crippen molar-refractivity contribution >= 4 is 58.7 Å². The van der Waals surface area contributed by atoms with Crippen molar-refractivity contribution in [3.63, 3.8) is 0 Å². The van der Waals surface area contributed by atoms with E-state index >= 15 is 0 Å². The molecule has 0 bridgehead atoms. The number of benzene rings is 1. The van der Waals surface area contributed by atoms with Gasteiger partial charge in [0, 0.05) is 24.7 Å². The predicted molar refractivity (Wildman–Crippen MR) is 107 cm³/mol. The molecule has 3 rings (SSSR count). The van der Waals surface area contributed by atoms with E-state index in [2.05, 4.69) is 22.5 Å². The number of nitrogens with one attached hydrogen (secondary N) is 2. The minimum Gasteiger partial charge on any atom is -0.368 e. The molecule has 2 amide bonds. The van der Waals surface area contributed by atoms with Crippen LogP contribution in [0, 0.1) is 5.92 Å². The lowest BCUT2D eigenvalue weighted by Gasteiger charge is -2.39. The molecule has 5 nitrogen and oxygen atoms in total. The molecule has 0 radical (unpaired) electrons. The summed E-state index contributed by atoms with van der Waals surface area (Å²) in [7, 11) is 1.98. The molecule has 2 heterocycles. The fourth-order valence-electron chi connectivity index (χ4n) is 3.19. The van der Waals surface area contributed by atoms with Gasteiger partial charge in [0.25, 0.3) is 11.1 Å². The molecule has 0 spiro atoms. The third-order valence-electron chi connectivity index (χ3n) is 4.59. The number of piperidine rings is 1. The van der Waals surface area contributed by atoms with Crippen LogP contribution in [0.3, 0.4) is 0 Å². The summed E-state index contributed by atoms with van der Waals surface area (Å²) in [6, 6.07) is 6.04. The average Bonchev–Trinajstić information content (AvgIpc) is 2.86. The number of para-hydroxylation sites is 1. The summed E-state index contributed by atoms with van der Waals surface area (Å²) in [4.78, 5) is 25.9. The summed E-state index contributed by atoms with van der Waals surface area (Å²) < 4.78 is 0. The van der Waals surface area contributed by atoms with Crippen molar-refractivity contribution in [2.75, 3.05) is 25.0 Å². The van der Waals surface area contributed by atoms with Crippen LogP contribution in [0.4, 0.5) is 10.5 Å². The van der Waals surface area contributed by atoms with Gasteiger partial charge < -0.3 is 10.2 Å². The van der Waals surface area contributed by atoms with Crippen molar-refractivity contribution in [1.29, 1.82) is 0 Å². The molecule has 136 valence electrons. The fourth-order valence-corrected chi connectivity index (χ4v) is 4.17. The summed E-state index contributed by atoms with van der Waals surface area (Å²) in [5, 5.41) is 5.97. The Labute approximate surface area is 163 Å². The first kappa shape index (κ1) is 20.1. The predicted octanol–water partition coefficient (Wildman–Crippen LogP) is 3.52. The minimum atomic E-state index is -0.351. The minimum absolute atomic E-state index is 0. The van der Waals surface area contributed by atoms with E-state index in [0.29, 0.717) is 21.9 Å². The van der Waals surface area contributed by atoms with Crippen LogP contribution in [0.15, 0.2) is 23.1 Å². The van der Waals surface area contributed by atoms with Crippen LogP contribution in [-0.2, 0) is 4.79 Å². The molecular formula is C17H21Cl2N3O2S. The number of anilines is 1. The van der Waals surface area contributed by atoms with Gasteiger partial charge in [-0.2, -0.15) is 0 Å². The second kappa shape index (κ2) is 8.45. The van der Waals surface area contributed by atoms with Gasteiger partial charge in [0.2, 0.25) is 0 Å². The Morgan fingerprint density at radius 3 is 2.80 bits per heavy atom. The molecule has 2 saturated heterocycles. The average molecular weight is 402 g/mol. The number of nitrogens with zero attached hydrogens (tertiary/aromatic N) is 1. The quantitative estimate of drug-likeness (QED) is 0.758. The Balaban J connectivity index is 0.00000225. The Hall–Kier alpha value is -1.21. The SMILES string of the molecule is CNC1CN(c2c(Cl)cccc2C=C2SC(=O)NC2=O)CCC1C.Cl. The Bertz CT molecular complexity index is 711. The zero-order valence-electron chi connectivity index (χ0n) is 14.0. The van der Waals surface area contributed by atoms with E-state index in [0.717, 1.165) is 42.5 Å². The summed E-state index contributed by atoms with van der Waals surface area (Å²) in [6.07, 6.45) is 2.82. The molecule has 1 aromatic carbocycles. The van der Waals surface area contributed by atoms with Crippen LogP contribution >= 0.6 is 35.8 Å². The van der Waals surface area contributed by atoms with Gasteiger partial charge in [0.05, 0.1) is 15.6 Å². The third kappa shape index (κ3) is 4.31. The number of amides is 2. The highest BCUT2D eigenvalue weighted by Gasteiger charge is 2.29. The van der Waals surface area contributed by atoms with Crippen molar-refractivity contribution in [3.05, 3.63) is 33.7 Å². The molecule has 2 atom stereocenters. The zero-order chi connectivity index (χ0) is 17.3. The van der Waals surface area contributed by atoms with Crippen LogP contribution < -0.4 is 15.5 Å². The lowest BCUT2D eigenvalue weighted by atomic mass is 9.93. The molecular weight excluding hydrogens is 381 g/mol. The molecule has 2 aliphatic rings. The zero-order valence-corrected chi connectivity index (χ0v) is 16.4. The first-order valence-corrected chi connectivity index (χ1v) is 9.14. The topological polar surface area (TPSA) is 61.4 Å². The number of halogens is 2. The highest BCUT2D eigenvalue weighted by molar-refractivity contribution is 8.18. The smallest absolute Gasteiger partial charge is 0.290 e. The summed E-state index contributed by atoms with van der Waals surface area (Å²) >= 11 is 7.40. The van der Waals surface area contributed by atoms with Gasteiger partial charge in [0.15, 0.2) is 0 Å². The standard InChI is InChI=1S/C17H20ClN3O2S.ClH/c1-10-6-7-21(9-13(10)19-2)15-11(4-3-5-12(15)18)8-14-16(22)20-17(23)24-14;/h3-5,8,10,13,19H,6-7,9H2,1-2H3,(H,20,22,23);1H. The third-order valence-corrected chi connectivity index (χ3v) is 5.71. The second-order valence-electron chi connectivity index (χ2n) is 6.14. The molecule has 2 N–H and O–H groups in total. The maximum absolute atomic E-state index is 11.8. The highest BCUT2D eigenvalue weighted by Crippen LogP contribution is 2.36. The number of hydrogen-bond donors (Lipinski definition) is 2. The Morgan fingerprint density at radius 1 is 1.40 bits per heavy atom. The largest absolute Gasteiger partial charge is 0.368 e. The van der Waals surface area contributed by atoms with Crippen LogP contribution in [0.2, 0.25) is 5.02 Å². The molecule has 8 heteroatoms. The molecule has 2 aliphatic heterocycles. The molecule has 2 unspecified atom stereocenters. The highest BCUT2D eigenvalue weighted by atomic mass is 35.5. The van der Waals surface area contributed by atoms with E-state index in [4.69, 9.17) is 11.6 Å². The second-order valence-corrected chi connectivity index (χ2v) is 7.56.